The lowest BCUT2D eigenvalue weighted by atomic mass is 10.0. The summed E-state index contributed by atoms with van der Waals surface area (Å²) < 4.78 is 21.2. The van der Waals surface area contributed by atoms with E-state index in [-0.39, 0.29) is 29.2 Å². The summed E-state index contributed by atoms with van der Waals surface area (Å²) in [5.74, 6) is 0.366. The van der Waals surface area contributed by atoms with E-state index < -0.39 is 0 Å². The van der Waals surface area contributed by atoms with Gasteiger partial charge in [-0.3, -0.25) is 4.79 Å². The van der Waals surface area contributed by atoms with Crippen molar-refractivity contribution >= 4 is 33.5 Å². The molecule has 0 unspecified atom stereocenters. The van der Waals surface area contributed by atoms with Gasteiger partial charge in [-0.2, -0.15) is 9.97 Å². The molecule has 0 radical (unpaired) electrons. The van der Waals surface area contributed by atoms with Gasteiger partial charge in [0.1, 0.15) is 11.6 Å². The molecule has 8 nitrogen and oxygen atoms in total. The molecule has 3 heterocycles. The topological polar surface area (TPSA) is 74.7 Å². The summed E-state index contributed by atoms with van der Waals surface area (Å²) in [5.41, 5.74) is 1.94. The summed E-state index contributed by atoms with van der Waals surface area (Å²) in [6.45, 7) is 8.90. The fourth-order valence-electron chi connectivity index (χ4n) is 5.93. The molecule has 1 atom stereocenters. The van der Waals surface area contributed by atoms with Crippen molar-refractivity contribution in [2.45, 2.75) is 25.8 Å². The van der Waals surface area contributed by atoms with Crippen molar-refractivity contribution < 1.29 is 13.9 Å². The molecule has 0 N–H and O–H groups in total. The van der Waals surface area contributed by atoms with Gasteiger partial charge in [0, 0.05) is 48.6 Å². The summed E-state index contributed by atoms with van der Waals surface area (Å²) in [7, 11) is 4.15. The van der Waals surface area contributed by atoms with Crippen LogP contribution in [-0.4, -0.2) is 83.6 Å². The van der Waals surface area contributed by atoms with E-state index in [4.69, 9.17) is 19.7 Å². The van der Waals surface area contributed by atoms with Crippen LogP contribution in [0.15, 0.2) is 61.2 Å². The van der Waals surface area contributed by atoms with Crippen LogP contribution in [0.4, 0.5) is 10.2 Å². The fraction of sp³-hybridized carbons (Fsp3) is 0.375. The Bertz CT molecular complexity index is 1630. The monoisotopic (exact) mass is 554 g/mol. The molecule has 1 saturated heterocycles. The van der Waals surface area contributed by atoms with Crippen LogP contribution >= 0.6 is 0 Å². The minimum atomic E-state index is -0.288. The lowest BCUT2D eigenvalue weighted by Gasteiger charge is -2.40. The number of rotatable bonds is 8. The zero-order valence-electron chi connectivity index (χ0n) is 23.8. The SMILES string of the molecule is C=CC(=O)N1CCN(c2nc(OCC3(CN(C)C)CC3)nc3nc(-c4cccc5cccc(F)c45)ccc23)[C@H](C)C1. The largest absolute Gasteiger partial charge is 0.463 e. The Morgan fingerprint density at radius 2 is 1.90 bits per heavy atom. The maximum atomic E-state index is 15.0. The third-order valence-electron chi connectivity index (χ3n) is 8.15. The van der Waals surface area contributed by atoms with Gasteiger partial charge in [-0.25, -0.2) is 9.37 Å². The molecule has 2 aromatic heterocycles. The maximum Gasteiger partial charge on any atom is 0.320 e. The fourth-order valence-corrected chi connectivity index (χ4v) is 5.93. The molecule has 9 heteroatoms. The van der Waals surface area contributed by atoms with E-state index in [1.807, 2.05) is 36.4 Å². The molecule has 2 aliphatic rings. The molecule has 2 aromatic carbocycles. The Balaban J connectivity index is 1.41. The van der Waals surface area contributed by atoms with Gasteiger partial charge in [0.2, 0.25) is 5.91 Å². The molecule has 0 bridgehead atoms. The molecule has 1 aliphatic heterocycles. The summed E-state index contributed by atoms with van der Waals surface area (Å²) in [6.07, 6.45) is 3.57. The van der Waals surface area contributed by atoms with Gasteiger partial charge in [-0.15, -0.1) is 0 Å². The highest BCUT2D eigenvalue weighted by atomic mass is 19.1. The molecular weight excluding hydrogens is 519 g/mol. The van der Waals surface area contributed by atoms with Crippen LogP contribution < -0.4 is 9.64 Å². The Hall–Kier alpha value is -4.11. The second-order valence-electron chi connectivity index (χ2n) is 11.6. The molecule has 6 rings (SSSR count). The first-order valence-corrected chi connectivity index (χ1v) is 14.1. The van der Waals surface area contributed by atoms with Gasteiger partial charge in [0.25, 0.3) is 0 Å². The van der Waals surface area contributed by atoms with Crippen molar-refractivity contribution in [3.8, 4) is 17.3 Å². The van der Waals surface area contributed by atoms with Gasteiger partial charge in [0.05, 0.1) is 17.7 Å². The van der Waals surface area contributed by atoms with Crippen LogP contribution in [0.2, 0.25) is 0 Å². The van der Waals surface area contributed by atoms with Crippen LogP contribution in [0.1, 0.15) is 19.8 Å². The number of halogens is 1. The minimum absolute atomic E-state index is 0.00829. The smallest absolute Gasteiger partial charge is 0.320 e. The molecule has 212 valence electrons. The minimum Gasteiger partial charge on any atom is -0.463 e. The van der Waals surface area contributed by atoms with E-state index in [1.54, 1.807) is 11.0 Å². The van der Waals surface area contributed by atoms with Gasteiger partial charge in [-0.1, -0.05) is 36.9 Å². The van der Waals surface area contributed by atoms with E-state index in [0.29, 0.717) is 48.5 Å². The number of pyridine rings is 1. The lowest BCUT2D eigenvalue weighted by molar-refractivity contribution is -0.126. The van der Waals surface area contributed by atoms with Crippen molar-refractivity contribution in [3.63, 3.8) is 0 Å². The molecule has 1 saturated carbocycles. The summed E-state index contributed by atoms with van der Waals surface area (Å²) in [5, 5.41) is 2.13. The molecule has 4 aromatic rings. The normalized spacial score (nSPS) is 18.2. The van der Waals surface area contributed by atoms with E-state index in [0.717, 1.165) is 36.0 Å². The number of carbonyl (C=O) groups is 1. The third-order valence-corrected chi connectivity index (χ3v) is 8.15. The molecule has 1 amide bonds. The third kappa shape index (κ3) is 5.34. The summed E-state index contributed by atoms with van der Waals surface area (Å²) in [6, 6.07) is 14.9. The molecule has 1 aliphatic carbocycles. The first kappa shape index (κ1) is 27.1. The lowest BCUT2D eigenvalue weighted by Crippen LogP contribution is -2.53. The number of aromatic nitrogens is 3. The number of ether oxygens (including phenoxy) is 1. The number of amides is 1. The zero-order chi connectivity index (χ0) is 28.7. The van der Waals surface area contributed by atoms with E-state index >= 15 is 0 Å². The number of nitrogens with zero attached hydrogens (tertiary/aromatic N) is 6. The number of hydrogen-bond donors (Lipinski definition) is 0. The summed E-state index contributed by atoms with van der Waals surface area (Å²) in [4.78, 5) is 33.0. The van der Waals surface area contributed by atoms with Gasteiger partial charge < -0.3 is 19.4 Å². The Labute approximate surface area is 239 Å². The second-order valence-corrected chi connectivity index (χ2v) is 11.6. The number of piperazine rings is 1. The van der Waals surface area contributed by atoms with Crippen LogP contribution in [0, 0.1) is 11.2 Å². The van der Waals surface area contributed by atoms with Gasteiger partial charge in [-0.05, 0) is 63.5 Å². The first-order chi connectivity index (χ1) is 19.8. The molecular formula is C32H35FN6O2. The molecule has 0 spiro atoms. The van der Waals surface area contributed by atoms with Crippen LogP contribution in [0.5, 0.6) is 6.01 Å². The first-order valence-electron chi connectivity index (χ1n) is 14.1. The molecule has 41 heavy (non-hydrogen) atoms. The number of hydrogen-bond acceptors (Lipinski definition) is 7. The van der Waals surface area contributed by atoms with E-state index in [9.17, 15) is 9.18 Å². The van der Waals surface area contributed by atoms with E-state index in [2.05, 4.69) is 37.4 Å². The highest BCUT2D eigenvalue weighted by Gasteiger charge is 2.44. The Kier molecular flexibility index (Phi) is 7.07. The quantitative estimate of drug-likeness (QED) is 0.286. The number of anilines is 1. The van der Waals surface area contributed by atoms with Crippen molar-refractivity contribution in [2.75, 3.05) is 51.8 Å². The maximum absolute atomic E-state index is 15.0. The zero-order valence-corrected chi connectivity index (χ0v) is 23.8. The van der Waals surface area contributed by atoms with Gasteiger partial charge >= 0.3 is 6.01 Å². The van der Waals surface area contributed by atoms with Gasteiger partial charge in [0.15, 0.2) is 5.65 Å². The van der Waals surface area contributed by atoms with Crippen molar-refractivity contribution in [3.05, 3.63) is 67.0 Å². The Morgan fingerprint density at radius 1 is 1.12 bits per heavy atom. The number of benzene rings is 2. The predicted octanol–water partition coefficient (Wildman–Crippen LogP) is 4.93. The predicted molar refractivity (Wildman–Crippen MR) is 160 cm³/mol. The summed E-state index contributed by atoms with van der Waals surface area (Å²) >= 11 is 0. The van der Waals surface area contributed by atoms with Crippen LogP contribution in [0.25, 0.3) is 33.1 Å². The average Bonchev–Trinajstić information content (AvgIpc) is 3.73. The highest BCUT2D eigenvalue weighted by Crippen LogP contribution is 2.46. The number of fused-ring (bicyclic) bond motifs is 2. The van der Waals surface area contributed by atoms with Crippen molar-refractivity contribution in [1.29, 1.82) is 0 Å². The van der Waals surface area contributed by atoms with Crippen LogP contribution in [0.3, 0.4) is 0 Å². The molecule has 2 fully saturated rings. The van der Waals surface area contributed by atoms with E-state index in [1.165, 1.54) is 12.1 Å². The van der Waals surface area contributed by atoms with Crippen molar-refractivity contribution in [1.82, 2.24) is 24.8 Å². The standard InChI is InChI=1S/C32H35FN6O2/c1-5-27(40)38-16-17-39(21(2)18-38)30-24-12-13-26(23-10-6-8-22-9-7-11-25(33)28(22)23)34-29(24)35-31(36-30)41-20-32(14-15-32)19-37(3)4/h5-13,21H,1,14-20H2,2-4H3/t21-/m1/s1. The van der Waals surface area contributed by atoms with Crippen molar-refractivity contribution in [2.24, 2.45) is 5.41 Å². The number of carbonyl (C=O) groups excluding carboxylic acids is 1. The van der Waals surface area contributed by atoms with Crippen LogP contribution in [-0.2, 0) is 4.79 Å². The highest BCUT2D eigenvalue weighted by molar-refractivity contribution is 5.98. The average molecular weight is 555 g/mol. The Morgan fingerprint density at radius 3 is 2.61 bits per heavy atom. The second kappa shape index (κ2) is 10.7.